The molecule has 6 aromatic rings. The number of ether oxygens (including phenoxy) is 3. The van der Waals surface area contributed by atoms with Gasteiger partial charge in [0.15, 0.2) is 12.6 Å². The molecule has 0 aliphatic carbocycles. The van der Waals surface area contributed by atoms with Gasteiger partial charge < -0.3 is 24.4 Å². The number of phenols is 2. The predicted octanol–water partition coefficient (Wildman–Crippen LogP) is 11.2. The Labute approximate surface area is 364 Å². The van der Waals surface area contributed by atoms with Crippen LogP contribution in [0.4, 0.5) is 17.6 Å². The molecule has 0 amide bonds. The van der Waals surface area contributed by atoms with Crippen LogP contribution >= 0.6 is 0 Å². The molecule has 11 heteroatoms. The van der Waals surface area contributed by atoms with Crippen molar-refractivity contribution >= 4 is 12.6 Å². The van der Waals surface area contributed by atoms with E-state index >= 15 is 0 Å². The molecule has 0 aliphatic rings. The van der Waals surface area contributed by atoms with E-state index in [2.05, 4.69) is 0 Å². The first-order valence-electron chi connectivity index (χ1n) is 20.4. The Kier molecular flexibility index (Phi) is 13.7. The van der Waals surface area contributed by atoms with Gasteiger partial charge in [0.2, 0.25) is 0 Å². The van der Waals surface area contributed by atoms with Crippen LogP contribution in [0.1, 0.15) is 107 Å². The van der Waals surface area contributed by atoms with E-state index in [9.17, 15) is 37.4 Å². The molecule has 7 nitrogen and oxygen atoms in total. The zero-order valence-electron chi connectivity index (χ0n) is 36.0. The van der Waals surface area contributed by atoms with Crippen molar-refractivity contribution in [1.29, 1.82) is 0 Å². The number of aromatic hydroxyl groups is 2. The molecule has 0 aliphatic heterocycles. The summed E-state index contributed by atoms with van der Waals surface area (Å²) in [5.74, 6) is -2.89. The minimum atomic E-state index is -1.73. The lowest BCUT2D eigenvalue weighted by atomic mass is 9.76. The van der Waals surface area contributed by atoms with Crippen molar-refractivity contribution in [2.75, 3.05) is 26.4 Å². The van der Waals surface area contributed by atoms with Crippen molar-refractivity contribution in [2.24, 2.45) is 0 Å². The third-order valence-electron chi connectivity index (χ3n) is 11.1. The number of halogens is 4. The molecule has 0 radical (unpaired) electrons. The molecule has 63 heavy (non-hydrogen) atoms. The molecular formula is C52H50F4O7. The van der Waals surface area contributed by atoms with Crippen LogP contribution in [0.25, 0.3) is 0 Å². The molecular weight excluding hydrogens is 813 g/mol. The van der Waals surface area contributed by atoms with Crippen molar-refractivity contribution in [3.63, 3.8) is 0 Å². The number of hydrogen-bond acceptors (Lipinski definition) is 7. The van der Waals surface area contributed by atoms with E-state index in [0.717, 1.165) is 0 Å². The van der Waals surface area contributed by atoms with Crippen LogP contribution in [0.5, 0.6) is 11.5 Å². The van der Waals surface area contributed by atoms with Gasteiger partial charge in [0.25, 0.3) is 0 Å². The molecule has 0 fully saturated rings. The summed E-state index contributed by atoms with van der Waals surface area (Å²) in [6.07, 6.45) is 1.07. The van der Waals surface area contributed by atoms with E-state index in [0.29, 0.717) is 46.0 Å². The minimum absolute atomic E-state index is 0.00634. The molecule has 328 valence electrons. The third-order valence-corrected chi connectivity index (χ3v) is 11.1. The summed E-state index contributed by atoms with van der Waals surface area (Å²) in [5.41, 5.74) is -1.30. The summed E-state index contributed by atoms with van der Waals surface area (Å²) in [4.78, 5) is 24.8. The topological polar surface area (TPSA) is 102 Å². The van der Waals surface area contributed by atoms with Crippen molar-refractivity contribution in [2.45, 2.75) is 63.6 Å². The van der Waals surface area contributed by atoms with Crippen molar-refractivity contribution < 1.29 is 51.6 Å². The zero-order chi connectivity index (χ0) is 45.7. The molecule has 0 saturated heterocycles. The van der Waals surface area contributed by atoms with Crippen molar-refractivity contribution in [3.8, 4) is 11.5 Å². The highest BCUT2D eigenvalue weighted by Crippen LogP contribution is 2.48. The summed E-state index contributed by atoms with van der Waals surface area (Å²) in [6, 6.07) is 28.4. The van der Waals surface area contributed by atoms with E-state index in [-0.39, 0.29) is 60.2 Å². The Morgan fingerprint density at radius 2 is 0.698 bits per heavy atom. The van der Waals surface area contributed by atoms with Gasteiger partial charge >= 0.3 is 0 Å². The zero-order valence-corrected chi connectivity index (χ0v) is 36.0. The summed E-state index contributed by atoms with van der Waals surface area (Å²) in [6.45, 7) is 11.1. The third kappa shape index (κ3) is 9.61. The molecule has 0 aromatic heterocycles. The van der Waals surface area contributed by atoms with Gasteiger partial charge in [0.05, 0.1) is 37.6 Å². The van der Waals surface area contributed by atoms with Crippen LogP contribution in [-0.4, -0.2) is 49.2 Å². The van der Waals surface area contributed by atoms with Crippen LogP contribution < -0.4 is 0 Å². The summed E-state index contributed by atoms with van der Waals surface area (Å²) >= 11 is 0. The maximum atomic E-state index is 14.5. The van der Waals surface area contributed by atoms with Gasteiger partial charge in [-0.1, -0.05) is 90.1 Å². The largest absolute Gasteiger partial charge is 0.507 e. The number of hydrogen-bond donors (Lipinski definition) is 2. The van der Waals surface area contributed by atoms with Crippen LogP contribution in [0.2, 0.25) is 0 Å². The highest BCUT2D eigenvalue weighted by atomic mass is 19.1. The first-order valence-corrected chi connectivity index (χ1v) is 20.4. The molecule has 0 saturated carbocycles. The molecule has 0 spiro atoms. The van der Waals surface area contributed by atoms with E-state index in [1.807, 2.05) is 41.5 Å². The molecule has 0 heterocycles. The molecule has 2 N–H and O–H groups in total. The lowest BCUT2D eigenvalue weighted by Crippen LogP contribution is -2.36. The van der Waals surface area contributed by atoms with Crippen LogP contribution in [0.15, 0.2) is 121 Å². The average molecular weight is 863 g/mol. The fraction of sp³-hybridized carbons (Fsp3) is 0.269. The lowest BCUT2D eigenvalue weighted by Gasteiger charge is -2.38. The second kappa shape index (κ2) is 18.7. The summed E-state index contributed by atoms with van der Waals surface area (Å²) in [5, 5.41) is 23.5. The Balaban J connectivity index is 1.38. The molecule has 0 bridgehead atoms. The van der Waals surface area contributed by atoms with Crippen LogP contribution in [-0.2, 0) is 36.2 Å². The first kappa shape index (κ1) is 46.4. The number of rotatable bonds is 16. The number of phenolic OH excluding ortho intramolecular Hbond substituents is 2. The highest BCUT2D eigenvalue weighted by Gasteiger charge is 2.43. The standard InChI is InChI=1S/C52H50F4O7/c1-49(2,3)39-27-33(31-57)47(59)45(29-39)51(35-7-15-41(53)16-8-35,36-9-17-42(54)18-10-36)62-25-23-61-24-26-63-52(37-11-19-43(55)20-12-37,38-13-21-44(56)22-14-38)46-30-40(50(4,5)6)28-34(32-58)48(46)60/h7-22,27-32,59-60H,23-26H2,1-6H3. The monoisotopic (exact) mass is 862 g/mol. The smallest absolute Gasteiger partial charge is 0.153 e. The van der Waals surface area contributed by atoms with Gasteiger partial charge in [-0.2, -0.15) is 0 Å². The number of benzene rings is 6. The van der Waals surface area contributed by atoms with Crippen LogP contribution in [0, 0.1) is 23.3 Å². The van der Waals surface area contributed by atoms with E-state index in [4.69, 9.17) is 14.2 Å². The summed E-state index contributed by atoms with van der Waals surface area (Å²) in [7, 11) is 0. The normalized spacial score (nSPS) is 12.3. The maximum Gasteiger partial charge on any atom is 0.153 e. The quantitative estimate of drug-likeness (QED) is 0.0432. The Morgan fingerprint density at radius 1 is 0.429 bits per heavy atom. The Bertz CT molecular complexity index is 2270. The Hall–Kier alpha value is -6.14. The van der Waals surface area contributed by atoms with E-state index in [1.54, 1.807) is 24.3 Å². The number of carbonyl (C=O) groups excluding carboxylic acids is 2. The van der Waals surface area contributed by atoms with Gasteiger partial charge in [-0.15, -0.1) is 0 Å². The average Bonchev–Trinajstić information content (AvgIpc) is 3.24. The first-order chi connectivity index (χ1) is 29.8. The minimum Gasteiger partial charge on any atom is -0.507 e. The molecule has 0 atom stereocenters. The maximum absolute atomic E-state index is 14.5. The van der Waals surface area contributed by atoms with Crippen LogP contribution in [0.3, 0.4) is 0 Å². The summed E-state index contributed by atoms with van der Waals surface area (Å²) < 4.78 is 77.5. The SMILES string of the molecule is CC(C)(C)c1cc(C=O)c(O)c(C(OCCOCCOC(c2ccc(F)cc2)(c2ccc(F)cc2)c2cc(C(C)(C)C)cc(C=O)c2O)(c2ccc(F)cc2)c2ccc(F)cc2)c1. The van der Waals surface area contributed by atoms with E-state index in [1.165, 1.54) is 97.1 Å². The van der Waals surface area contributed by atoms with Gasteiger partial charge in [-0.05, 0) is 117 Å². The highest BCUT2D eigenvalue weighted by molar-refractivity contribution is 5.82. The fourth-order valence-corrected chi connectivity index (χ4v) is 7.69. The van der Waals surface area contributed by atoms with Gasteiger partial charge in [-0.25, -0.2) is 17.6 Å². The molecule has 0 unspecified atom stereocenters. The van der Waals surface area contributed by atoms with Gasteiger partial charge in [0, 0.05) is 11.1 Å². The molecule has 6 aromatic carbocycles. The number of carbonyl (C=O) groups is 2. The molecule has 6 rings (SSSR count). The Morgan fingerprint density at radius 3 is 0.937 bits per heavy atom. The van der Waals surface area contributed by atoms with Crippen molar-refractivity contribution in [3.05, 3.63) is 200 Å². The predicted molar refractivity (Wildman–Crippen MR) is 232 cm³/mol. The van der Waals surface area contributed by atoms with Gasteiger partial charge in [0.1, 0.15) is 46.0 Å². The van der Waals surface area contributed by atoms with Crippen molar-refractivity contribution in [1.82, 2.24) is 0 Å². The fourth-order valence-electron chi connectivity index (χ4n) is 7.69. The lowest BCUT2D eigenvalue weighted by molar-refractivity contribution is -0.0526. The van der Waals surface area contributed by atoms with E-state index < -0.39 is 45.3 Å². The second-order valence-corrected chi connectivity index (χ2v) is 17.4. The van der Waals surface area contributed by atoms with Gasteiger partial charge in [-0.3, -0.25) is 9.59 Å². The number of aldehydes is 2. The second-order valence-electron chi connectivity index (χ2n) is 17.4.